The Morgan fingerprint density at radius 3 is 2.74 bits per heavy atom. The predicted molar refractivity (Wildman–Crippen MR) is 117 cm³/mol. The fraction of sp³-hybridized carbons (Fsp3) is 0.318. The highest BCUT2D eigenvalue weighted by molar-refractivity contribution is 7.89. The standard InChI is InChI=1S/C22H22F2N3O2S2/c1-15-4-2-3-5-18(15)20-14-26-22(30-20)25-13-16-8-10-27(11-9-16)31(28,29)21-7-6-17(23)12-19(21)24/h2-3,5-7,12,14,16H,8-11,13H2,1H3,(H,25,26). The Balaban J connectivity index is 1.33. The topological polar surface area (TPSA) is 62.3 Å². The van der Waals surface area contributed by atoms with Gasteiger partial charge in [-0.05, 0) is 55.0 Å². The van der Waals surface area contributed by atoms with Crippen LogP contribution < -0.4 is 5.32 Å². The molecule has 1 aliphatic rings. The van der Waals surface area contributed by atoms with Crippen molar-refractivity contribution in [2.24, 2.45) is 5.92 Å². The molecule has 31 heavy (non-hydrogen) atoms. The molecular formula is C22H22F2N3O2S2. The van der Waals surface area contributed by atoms with Crippen LogP contribution in [-0.2, 0) is 10.0 Å². The summed E-state index contributed by atoms with van der Waals surface area (Å²) in [7, 11) is -3.97. The number of hydrogen-bond acceptors (Lipinski definition) is 5. The minimum absolute atomic E-state index is 0.281. The molecule has 0 saturated carbocycles. The van der Waals surface area contributed by atoms with Gasteiger partial charge in [0.25, 0.3) is 0 Å². The van der Waals surface area contributed by atoms with Crippen LogP contribution in [0.3, 0.4) is 0 Å². The fourth-order valence-electron chi connectivity index (χ4n) is 3.68. The maximum atomic E-state index is 14.0. The van der Waals surface area contributed by atoms with Crippen molar-refractivity contribution in [1.29, 1.82) is 0 Å². The van der Waals surface area contributed by atoms with Crippen LogP contribution in [0.5, 0.6) is 0 Å². The second-order valence-corrected chi connectivity index (χ2v) is 10.5. The number of thiazole rings is 1. The Morgan fingerprint density at radius 1 is 1.26 bits per heavy atom. The van der Waals surface area contributed by atoms with Crippen molar-refractivity contribution in [3.8, 4) is 10.4 Å². The first kappa shape index (κ1) is 21.9. The molecule has 1 saturated heterocycles. The summed E-state index contributed by atoms with van der Waals surface area (Å²) in [6.07, 6.45) is 3.15. The molecular weight excluding hydrogens is 440 g/mol. The quantitative estimate of drug-likeness (QED) is 0.576. The van der Waals surface area contributed by atoms with E-state index < -0.39 is 26.6 Å². The molecule has 0 bridgehead atoms. The monoisotopic (exact) mass is 462 g/mol. The van der Waals surface area contributed by atoms with E-state index in [0.29, 0.717) is 38.5 Å². The number of aryl methyl sites for hydroxylation is 1. The lowest BCUT2D eigenvalue weighted by Crippen LogP contribution is -2.40. The van der Waals surface area contributed by atoms with E-state index in [-0.39, 0.29) is 5.92 Å². The molecule has 0 spiro atoms. The fourth-order valence-corrected chi connectivity index (χ4v) is 6.10. The molecule has 2 aromatic carbocycles. The zero-order valence-electron chi connectivity index (χ0n) is 16.9. The van der Waals surface area contributed by atoms with Crippen molar-refractivity contribution in [1.82, 2.24) is 9.29 Å². The molecule has 163 valence electrons. The smallest absolute Gasteiger partial charge is 0.245 e. The molecule has 1 fully saturated rings. The lowest BCUT2D eigenvalue weighted by atomic mass is 9.98. The maximum Gasteiger partial charge on any atom is 0.245 e. The van der Waals surface area contributed by atoms with Gasteiger partial charge in [-0.2, -0.15) is 4.31 Å². The van der Waals surface area contributed by atoms with Gasteiger partial charge in [0.05, 0.1) is 4.88 Å². The molecule has 0 amide bonds. The van der Waals surface area contributed by atoms with E-state index in [2.05, 4.69) is 16.4 Å². The number of benzene rings is 2. The van der Waals surface area contributed by atoms with Gasteiger partial charge in [0.1, 0.15) is 16.5 Å². The lowest BCUT2D eigenvalue weighted by molar-refractivity contribution is 0.281. The van der Waals surface area contributed by atoms with Crippen molar-refractivity contribution in [3.05, 3.63) is 65.9 Å². The number of anilines is 1. The first-order valence-electron chi connectivity index (χ1n) is 9.97. The second kappa shape index (κ2) is 9.02. The van der Waals surface area contributed by atoms with Crippen LogP contribution in [0, 0.1) is 30.5 Å². The molecule has 2 heterocycles. The zero-order valence-corrected chi connectivity index (χ0v) is 18.6. The average molecular weight is 463 g/mol. The van der Waals surface area contributed by atoms with Crippen LogP contribution in [-0.4, -0.2) is 37.3 Å². The Labute approximate surface area is 184 Å². The summed E-state index contributed by atoms with van der Waals surface area (Å²) in [6.45, 7) is 3.30. The zero-order chi connectivity index (χ0) is 22.0. The summed E-state index contributed by atoms with van der Waals surface area (Å²) < 4.78 is 53.8. The van der Waals surface area contributed by atoms with E-state index in [0.717, 1.165) is 33.3 Å². The van der Waals surface area contributed by atoms with E-state index in [1.165, 1.54) is 4.31 Å². The summed E-state index contributed by atoms with van der Waals surface area (Å²) in [5.74, 6) is -1.58. The molecule has 0 unspecified atom stereocenters. The minimum Gasteiger partial charge on any atom is -0.361 e. The number of rotatable bonds is 6. The molecule has 9 heteroatoms. The Hall–Kier alpha value is -2.36. The molecule has 5 nitrogen and oxygen atoms in total. The van der Waals surface area contributed by atoms with Gasteiger partial charge in [-0.15, -0.1) is 0 Å². The van der Waals surface area contributed by atoms with Crippen molar-refractivity contribution >= 4 is 26.5 Å². The molecule has 1 aliphatic heterocycles. The number of hydrogen-bond donors (Lipinski definition) is 1. The Kier molecular flexibility index (Phi) is 6.36. The number of nitrogens with zero attached hydrogens (tertiary/aromatic N) is 2. The first-order valence-corrected chi connectivity index (χ1v) is 12.2. The molecule has 0 aliphatic carbocycles. The van der Waals surface area contributed by atoms with Crippen molar-refractivity contribution in [2.75, 3.05) is 25.0 Å². The van der Waals surface area contributed by atoms with Crippen LogP contribution in [0.15, 0.2) is 47.5 Å². The third-order valence-electron chi connectivity index (χ3n) is 5.46. The van der Waals surface area contributed by atoms with Crippen LogP contribution in [0.25, 0.3) is 10.4 Å². The summed E-state index contributed by atoms with van der Waals surface area (Å²) in [5.41, 5.74) is 2.18. The first-order chi connectivity index (χ1) is 14.8. The van der Waals surface area contributed by atoms with Crippen molar-refractivity contribution in [3.63, 3.8) is 0 Å². The summed E-state index contributed by atoms with van der Waals surface area (Å²) in [5, 5.41) is 4.17. The minimum atomic E-state index is -3.97. The van der Waals surface area contributed by atoms with Gasteiger partial charge in [0.15, 0.2) is 5.13 Å². The van der Waals surface area contributed by atoms with Crippen molar-refractivity contribution in [2.45, 2.75) is 24.7 Å². The van der Waals surface area contributed by atoms with Crippen LogP contribution in [0.2, 0.25) is 0 Å². The molecule has 4 rings (SSSR count). The second-order valence-electron chi connectivity index (χ2n) is 7.54. The molecule has 3 aromatic rings. The Bertz CT molecular complexity index is 1170. The molecule has 1 N–H and O–H groups in total. The highest BCUT2D eigenvalue weighted by Gasteiger charge is 2.31. The van der Waals surface area contributed by atoms with Crippen LogP contribution in [0.1, 0.15) is 18.4 Å². The van der Waals surface area contributed by atoms with E-state index in [1.807, 2.05) is 31.3 Å². The van der Waals surface area contributed by atoms with Gasteiger partial charge in [-0.1, -0.05) is 29.5 Å². The van der Waals surface area contributed by atoms with E-state index in [9.17, 15) is 17.2 Å². The van der Waals surface area contributed by atoms with Gasteiger partial charge in [-0.3, -0.25) is 0 Å². The number of halogens is 2. The predicted octanol–water partition coefficient (Wildman–Crippen LogP) is 4.71. The molecule has 1 aromatic heterocycles. The third-order valence-corrected chi connectivity index (χ3v) is 8.38. The van der Waals surface area contributed by atoms with E-state index in [4.69, 9.17) is 0 Å². The number of aromatic nitrogens is 1. The van der Waals surface area contributed by atoms with E-state index >= 15 is 0 Å². The lowest BCUT2D eigenvalue weighted by Gasteiger charge is -2.31. The van der Waals surface area contributed by atoms with E-state index in [1.54, 1.807) is 11.3 Å². The van der Waals surface area contributed by atoms with Gasteiger partial charge >= 0.3 is 0 Å². The van der Waals surface area contributed by atoms with Crippen LogP contribution in [0.4, 0.5) is 13.9 Å². The number of piperidine rings is 1. The van der Waals surface area contributed by atoms with Gasteiger partial charge < -0.3 is 5.32 Å². The Morgan fingerprint density at radius 2 is 2.03 bits per heavy atom. The summed E-state index contributed by atoms with van der Waals surface area (Å²) >= 11 is 1.57. The highest BCUT2D eigenvalue weighted by Crippen LogP contribution is 2.31. The average Bonchev–Trinajstić information content (AvgIpc) is 3.21. The van der Waals surface area contributed by atoms with Gasteiger partial charge in [-0.25, -0.2) is 22.2 Å². The highest BCUT2D eigenvalue weighted by atomic mass is 32.2. The maximum absolute atomic E-state index is 14.0. The number of sulfonamides is 1. The molecule has 0 atom stereocenters. The largest absolute Gasteiger partial charge is 0.361 e. The SMILES string of the molecule is Cc1[c]cccc1-c1cnc(NCC2CCN(S(=O)(=O)c3ccc(F)cc3F)CC2)s1. The van der Waals surface area contributed by atoms with Gasteiger partial charge in [0, 0.05) is 31.9 Å². The molecule has 1 radical (unpaired) electrons. The third kappa shape index (κ3) is 4.78. The van der Waals surface area contributed by atoms with Crippen LogP contribution >= 0.6 is 11.3 Å². The van der Waals surface area contributed by atoms with Crippen molar-refractivity contribution < 1.29 is 17.2 Å². The normalized spacial score (nSPS) is 15.8. The van der Waals surface area contributed by atoms with Gasteiger partial charge in [0.2, 0.25) is 10.0 Å². The number of nitrogens with one attached hydrogen (secondary N) is 1. The summed E-state index contributed by atoms with van der Waals surface area (Å²) in [6, 6.07) is 11.6. The summed E-state index contributed by atoms with van der Waals surface area (Å²) in [4.78, 5) is 5.03.